The highest BCUT2D eigenvalue weighted by Gasteiger charge is 2.13. The van der Waals surface area contributed by atoms with Gasteiger partial charge in [-0.1, -0.05) is 31.2 Å². The number of carbonyl (C=O) groups is 1. The van der Waals surface area contributed by atoms with Crippen LogP contribution in [0.4, 0.5) is 0 Å². The molecule has 0 amide bonds. The number of imidazole rings is 2. The van der Waals surface area contributed by atoms with Crippen LogP contribution in [0.25, 0.3) is 0 Å². The minimum absolute atomic E-state index is 0.123. The Morgan fingerprint density at radius 1 is 0.921 bits per heavy atom. The molecule has 0 spiro atoms. The average Bonchev–Trinajstić information content (AvgIpc) is 3.55. The Hall–Kier alpha value is -3.01. The number of esters is 1. The fourth-order valence-electron chi connectivity index (χ4n) is 4.60. The van der Waals surface area contributed by atoms with Crippen LogP contribution < -0.4 is 0 Å². The molecular formula is C29H45N7O2. The fraction of sp³-hybridized carbons (Fsp3) is 0.552. The van der Waals surface area contributed by atoms with Crippen molar-refractivity contribution in [1.82, 2.24) is 34.2 Å². The van der Waals surface area contributed by atoms with Gasteiger partial charge in [0.15, 0.2) is 0 Å². The van der Waals surface area contributed by atoms with Gasteiger partial charge in [0.2, 0.25) is 0 Å². The van der Waals surface area contributed by atoms with Crippen LogP contribution in [0.3, 0.4) is 0 Å². The Bertz CT molecular complexity index is 1050. The summed E-state index contributed by atoms with van der Waals surface area (Å²) in [7, 11) is 4.21. The van der Waals surface area contributed by atoms with Gasteiger partial charge in [-0.3, -0.25) is 14.6 Å². The monoisotopic (exact) mass is 523 g/mol. The Morgan fingerprint density at radius 3 is 2.29 bits per heavy atom. The molecule has 0 saturated carbocycles. The highest BCUT2D eigenvalue weighted by Crippen LogP contribution is 2.14. The number of unbranched alkanes of at least 4 members (excludes halogenated alkanes) is 1. The third-order valence-electron chi connectivity index (χ3n) is 6.56. The zero-order valence-corrected chi connectivity index (χ0v) is 23.6. The summed E-state index contributed by atoms with van der Waals surface area (Å²) in [5, 5.41) is 0. The van der Waals surface area contributed by atoms with Crippen LogP contribution >= 0.6 is 0 Å². The van der Waals surface area contributed by atoms with Crippen LogP contribution in [-0.2, 0) is 42.8 Å². The lowest BCUT2D eigenvalue weighted by molar-refractivity contribution is -0.144. The van der Waals surface area contributed by atoms with Crippen LogP contribution in [0.15, 0.2) is 49.1 Å². The van der Waals surface area contributed by atoms with Crippen molar-refractivity contribution < 1.29 is 9.53 Å². The van der Waals surface area contributed by atoms with Crippen molar-refractivity contribution >= 4 is 5.97 Å². The summed E-state index contributed by atoms with van der Waals surface area (Å²) >= 11 is 0. The molecule has 1 aromatic carbocycles. The quantitative estimate of drug-likeness (QED) is 0.200. The molecule has 0 aliphatic rings. The number of ether oxygens (including phenoxy) is 1. The van der Waals surface area contributed by atoms with Gasteiger partial charge in [0, 0.05) is 44.9 Å². The van der Waals surface area contributed by atoms with E-state index >= 15 is 0 Å². The minimum atomic E-state index is -0.123. The fourth-order valence-corrected chi connectivity index (χ4v) is 4.60. The summed E-state index contributed by atoms with van der Waals surface area (Å²) in [5.74, 6) is 1.87. The van der Waals surface area contributed by atoms with Gasteiger partial charge in [-0.05, 0) is 64.0 Å². The number of H-pyrrole nitrogens is 1. The third-order valence-corrected chi connectivity index (χ3v) is 6.56. The molecule has 9 nitrogen and oxygen atoms in total. The van der Waals surface area contributed by atoms with Crippen LogP contribution in [-0.4, -0.2) is 80.0 Å². The van der Waals surface area contributed by atoms with Crippen molar-refractivity contribution in [1.29, 1.82) is 0 Å². The largest absolute Gasteiger partial charge is 0.465 e. The van der Waals surface area contributed by atoms with E-state index in [-0.39, 0.29) is 5.97 Å². The number of benzene rings is 1. The van der Waals surface area contributed by atoms with E-state index in [1.54, 1.807) is 6.20 Å². The van der Waals surface area contributed by atoms with Crippen molar-refractivity contribution in [2.45, 2.75) is 59.3 Å². The van der Waals surface area contributed by atoms with Crippen molar-refractivity contribution in [2.24, 2.45) is 7.05 Å². The second-order valence-corrected chi connectivity index (χ2v) is 9.98. The maximum absolute atomic E-state index is 11.8. The molecule has 0 unspecified atom stereocenters. The summed E-state index contributed by atoms with van der Waals surface area (Å²) in [6, 6.07) is 8.93. The molecule has 38 heavy (non-hydrogen) atoms. The van der Waals surface area contributed by atoms with E-state index < -0.39 is 0 Å². The number of nitrogens with zero attached hydrogens (tertiary/aromatic N) is 6. The first kappa shape index (κ1) is 29.5. The number of aromatic nitrogens is 4. The normalized spacial score (nSPS) is 11.7. The summed E-state index contributed by atoms with van der Waals surface area (Å²) < 4.78 is 7.18. The number of hydrogen-bond donors (Lipinski definition) is 1. The smallest absolute Gasteiger partial charge is 0.320 e. The summed E-state index contributed by atoms with van der Waals surface area (Å²) in [4.78, 5) is 30.9. The van der Waals surface area contributed by atoms with E-state index in [9.17, 15) is 4.79 Å². The van der Waals surface area contributed by atoms with E-state index in [0.29, 0.717) is 13.2 Å². The predicted molar refractivity (Wildman–Crippen MR) is 150 cm³/mol. The first-order chi connectivity index (χ1) is 18.5. The lowest BCUT2D eigenvalue weighted by Crippen LogP contribution is -2.33. The molecule has 0 saturated heterocycles. The van der Waals surface area contributed by atoms with Gasteiger partial charge < -0.3 is 19.2 Å². The lowest BCUT2D eigenvalue weighted by atomic mass is 10.1. The first-order valence-electron chi connectivity index (χ1n) is 13.8. The van der Waals surface area contributed by atoms with Crippen LogP contribution in [0.1, 0.15) is 55.9 Å². The molecule has 3 rings (SSSR count). The molecule has 208 valence electrons. The first-order valence-corrected chi connectivity index (χ1v) is 13.8. The number of rotatable bonds is 18. The Kier molecular flexibility index (Phi) is 12.5. The Balaban J connectivity index is 1.44. The zero-order chi connectivity index (χ0) is 27.2. The average molecular weight is 524 g/mol. The van der Waals surface area contributed by atoms with Gasteiger partial charge in [0.05, 0.1) is 26.2 Å². The molecule has 0 aliphatic carbocycles. The molecule has 3 aromatic rings. The van der Waals surface area contributed by atoms with E-state index in [1.165, 1.54) is 11.1 Å². The lowest BCUT2D eigenvalue weighted by Gasteiger charge is -2.22. The molecule has 9 heteroatoms. The highest BCUT2D eigenvalue weighted by atomic mass is 16.5. The molecule has 2 heterocycles. The van der Waals surface area contributed by atoms with Crippen molar-refractivity contribution in [3.8, 4) is 0 Å². The van der Waals surface area contributed by atoms with Gasteiger partial charge in [0.25, 0.3) is 0 Å². The molecule has 0 aliphatic heterocycles. The van der Waals surface area contributed by atoms with Gasteiger partial charge >= 0.3 is 5.97 Å². The van der Waals surface area contributed by atoms with E-state index in [4.69, 9.17) is 4.74 Å². The van der Waals surface area contributed by atoms with E-state index in [2.05, 4.69) is 72.5 Å². The number of carbonyl (C=O) groups excluding carboxylic acids is 1. The van der Waals surface area contributed by atoms with Gasteiger partial charge in [-0.15, -0.1) is 0 Å². The Morgan fingerprint density at radius 2 is 1.66 bits per heavy atom. The van der Waals surface area contributed by atoms with Gasteiger partial charge in [-0.2, -0.15) is 0 Å². The molecule has 0 fully saturated rings. The standard InChI is InChI=1S/C29H45N7O2/c1-5-16-35(24-29(37)38-6-2)18-8-7-17-33(3)20-25-9-11-26(12-10-25)21-36(22-27-30-13-14-31-27)23-28-32-15-19-34(28)4/h9-15,19H,5-8,16-18,20-24H2,1-4H3,(H,30,31). The molecule has 0 atom stereocenters. The van der Waals surface area contributed by atoms with E-state index in [1.807, 2.05) is 32.6 Å². The number of aryl methyl sites for hydroxylation is 1. The second kappa shape index (κ2) is 16.1. The van der Waals surface area contributed by atoms with Crippen LogP contribution in [0.2, 0.25) is 0 Å². The summed E-state index contributed by atoms with van der Waals surface area (Å²) in [6.07, 6.45) is 10.7. The Labute approximate surface area is 227 Å². The maximum atomic E-state index is 11.8. The number of aromatic amines is 1. The molecular weight excluding hydrogens is 478 g/mol. The molecule has 1 N–H and O–H groups in total. The van der Waals surface area contributed by atoms with Crippen molar-refractivity contribution in [2.75, 3.05) is 39.8 Å². The predicted octanol–water partition coefficient (Wildman–Crippen LogP) is 3.83. The number of hydrogen-bond acceptors (Lipinski definition) is 7. The van der Waals surface area contributed by atoms with Gasteiger partial charge in [-0.25, -0.2) is 9.97 Å². The second-order valence-electron chi connectivity index (χ2n) is 9.98. The summed E-state index contributed by atoms with van der Waals surface area (Å²) in [6.45, 7) is 11.0. The maximum Gasteiger partial charge on any atom is 0.320 e. The SMILES string of the molecule is CCCN(CCCCN(C)Cc1ccc(CN(Cc2ncc[nH]2)Cc2nccn2C)cc1)CC(=O)OCC. The molecule has 0 bridgehead atoms. The minimum Gasteiger partial charge on any atom is -0.465 e. The third kappa shape index (κ3) is 10.4. The van der Waals surface area contributed by atoms with Crippen molar-refractivity contribution in [3.05, 3.63) is 71.8 Å². The molecule has 2 aromatic heterocycles. The van der Waals surface area contributed by atoms with E-state index in [0.717, 1.165) is 76.7 Å². The van der Waals surface area contributed by atoms with Crippen molar-refractivity contribution in [3.63, 3.8) is 0 Å². The zero-order valence-electron chi connectivity index (χ0n) is 23.6. The van der Waals surface area contributed by atoms with Gasteiger partial charge in [0.1, 0.15) is 11.6 Å². The topological polar surface area (TPSA) is 82.5 Å². The van der Waals surface area contributed by atoms with Crippen LogP contribution in [0.5, 0.6) is 0 Å². The number of nitrogens with one attached hydrogen (secondary N) is 1. The highest BCUT2D eigenvalue weighted by molar-refractivity contribution is 5.71. The summed E-state index contributed by atoms with van der Waals surface area (Å²) in [5.41, 5.74) is 2.59. The molecule has 0 radical (unpaired) electrons. The van der Waals surface area contributed by atoms with Crippen LogP contribution in [0, 0.1) is 0 Å².